The molecule has 0 saturated carbocycles. The van der Waals surface area contributed by atoms with Gasteiger partial charge in [0.2, 0.25) is 0 Å². The van der Waals surface area contributed by atoms with Crippen LogP contribution >= 0.6 is 15.9 Å². The van der Waals surface area contributed by atoms with Gasteiger partial charge in [-0.3, -0.25) is 9.59 Å². The van der Waals surface area contributed by atoms with Crippen molar-refractivity contribution >= 4 is 45.1 Å². The van der Waals surface area contributed by atoms with E-state index in [9.17, 15) is 14.4 Å². The first-order valence-electron chi connectivity index (χ1n) is 8.19. The molecule has 0 aliphatic carbocycles. The zero-order valence-electron chi connectivity index (χ0n) is 14.5. The molecular weight excluding hydrogens is 428 g/mol. The Bertz CT molecular complexity index is 984. The number of esters is 1. The fraction of sp³-hybridized carbons (Fsp3) is 0.0500. The van der Waals surface area contributed by atoms with Gasteiger partial charge in [0.05, 0.1) is 17.5 Å². The van der Waals surface area contributed by atoms with Crippen LogP contribution in [0.4, 0.5) is 11.4 Å². The number of benzene rings is 2. The number of hydrogen-bond donors (Lipinski definition) is 2. The molecule has 2 N–H and O–H groups in total. The topological polar surface area (TPSA) is 97.6 Å². The Morgan fingerprint density at radius 1 is 0.929 bits per heavy atom. The highest BCUT2D eigenvalue weighted by Gasteiger charge is 2.17. The summed E-state index contributed by atoms with van der Waals surface area (Å²) in [4.78, 5) is 36.4. The summed E-state index contributed by atoms with van der Waals surface area (Å²) in [6.45, 7) is -0.463. The van der Waals surface area contributed by atoms with Crippen LogP contribution in [0.15, 0.2) is 75.8 Å². The molecule has 1 aromatic heterocycles. The predicted molar refractivity (Wildman–Crippen MR) is 106 cm³/mol. The van der Waals surface area contributed by atoms with Gasteiger partial charge in [0.1, 0.15) is 0 Å². The van der Waals surface area contributed by atoms with Crippen molar-refractivity contribution in [3.63, 3.8) is 0 Å². The molecule has 0 radical (unpaired) electrons. The summed E-state index contributed by atoms with van der Waals surface area (Å²) in [5, 5.41) is 5.21. The lowest BCUT2D eigenvalue weighted by Crippen LogP contribution is -2.22. The average Bonchev–Trinajstić information content (AvgIpc) is 3.23. The van der Waals surface area contributed by atoms with Gasteiger partial charge < -0.3 is 19.8 Å². The molecule has 0 spiro atoms. The molecule has 0 bridgehead atoms. The molecule has 0 saturated heterocycles. The molecule has 3 rings (SSSR count). The van der Waals surface area contributed by atoms with E-state index in [0.717, 1.165) is 4.47 Å². The Hall–Kier alpha value is -3.39. The maximum absolute atomic E-state index is 12.4. The number of amides is 2. The summed E-state index contributed by atoms with van der Waals surface area (Å²) in [6, 6.07) is 16.4. The summed E-state index contributed by atoms with van der Waals surface area (Å²) in [7, 11) is 0. The molecule has 3 aromatic rings. The van der Waals surface area contributed by atoms with Gasteiger partial charge in [0.25, 0.3) is 11.8 Å². The molecule has 2 aromatic carbocycles. The molecule has 142 valence electrons. The van der Waals surface area contributed by atoms with Crippen LogP contribution in [0.1, 0.15) is 20.9 Å². The third kappa shape index (κ3) is 5.08. The van der Waals surface area contributed by atoms with E-state index in [1.165, 1.54) is 18.4 Å². The van der Waals surface area contributed by atoms with Crippen molar-refractivity contribution < 1.29 is 23.5 Å². The van der Waals surface area contributed by atoms with Gasteiger partial charge in [-0.05, 0) is 48.5 Å². The van der Waals surface area contributed by atoms with Crippen LogP contribution in [0.25, 0.3) is 0 Å². The SMILES string of the molecule is O=C(COC(=O)c1ccccc1NC(=O)c1ccco1)Nc1ccc(Br)cc1. The van der Waals surface area contributed by atoms with Crippen molar-refractivity contribution in [3.8, 4) is 0 Å². The van der Waals surface area contributed by atoms with Crippen molar-refractivity contribution in [2.75, 3.05) is 17.2 Å². The van der Waals surface area contributed by atoms with Gasteiger partial charge in [0.15, 0.2) is 12.4 Å². The second-order valence-electron chi connectivity index (χ2n) is 5.61. The number of nitrogens with one attached hydrogen (secondary N) is 2. The van der Waals surface area contributed by atoms with Crippen molar-refractivity contribution in [2.45, 2.75) is 0 Å². The van der Waals surface area contributed by atoms with E-state index in [4.69, 9.17) is 9.15 Å². The first kappa shape index (κ1) is 19.4. The van der Waals surface area contributed by atoms with Crippen molar-refractivity contribution in [1.82, 2.24) is 0 Å². The molecular formula is C20H15BrN2O5. The van der Waals surface area contributed by atoms with E-state index in [1.807, 2.05) is 0 Å². The highest BCUT2D eigenvalue weighted by molar-refractivity contribution is 9.10. The molecule has 0 aliphatic rings. The summed E-state index contributed by atoms with van der Waals surface area (Å²) >= 11 is 3.31. The Morgan fingerprint density at radius 2 is 1.68 bits per heavy atom. The highest BCUT2D eigenvalue weighted by atomic mass is 79.9. The minimum absolute atomic E-state index is 0.108. The number of hydrogen-bond acceptors (Lipinski definition) is 5. The van der Waals surface area contributed by atoms with Gasteiger partial charge in [-0.25, -0.2) is 4.79 Å². The first-order chi connectivity index (χ1) is 13.5. The predicted octanol–water partition coefficient (Wildman–Crippen LogP) is 4.09. The number of furan rings is 1. The molecule has 0 aliphatic heterocycles. The van der Waals surface area contributed by atoms with Gasteiger partial charge in [0, 0.05) is 10.2 Å². The zero-order chi connectivity index (χ0) is 19.9. The molecule has 7 nitrogen and oxygen atoms in total. The Kier molecular flexibility index (Phi) is 6.23. The molecule has 0 unspecified atom stereocenters. The van der Waals surface area contributed by atoms with E-state index < -0.39 is 24.4 Å². The molecule has 1 heterocycles. The minimum Gasteiger partial charge on any atom is -0.459 e. The standard InChI is InChI=1S/C20H15BrN2O5/c21-13-7-9-14(10-8-13)22-18(24)12-28-20(26)15-4-1-2-5-16(15)23-19(25)17-6-3-11-27-17/h1-11H,12H2,(H,22,24)(H,23,25). The van der Waals surface area contributed by atoms with Gasteiger partial charge in [-0.1, -0.05) is 28.1 Å². The van der Waals surface area contributed by atoms with Gasteiger partial charge in [-0.2, -0.15) is 0 Å². The van der Waals surface area contributed by atoms with E-state index in [2.05, 4.69) is 26.6 Å². The van der Waals surface area contributed by atoms with Crippen LogP contribution in [-0.4, -0.2) is 24.4 Å². The summed E-state index contributed by atoms with van der Waals surface area (Å²) in [6.07, 6.45) is 1.37. The number of anilines is 2. The van der Waals surface area contributed by atoms with Crippen LogP contribution < -0.4 is 10.6 Å². The summed E-state index contributed by atoms with van der Waals surface area (Å²) in [5.41, 5.74) is 0.955. The number of para-hydroxylation sites is 1. The second kappa shape index (κ2) is 9.01. The van der Waals surface area contributed by atoms with E-state index in [1.54, 1.807) is 48.5 Å². The zero-order valence-corrected chi connectivity index (χ0v) is 16.1. The number of ether oxygens (including phenoxy) is 1. The number of rotatable bonds is 6. The Morgan fingerprint density at radius 3 is 2.39 bits per heavy atom. The quantitative estimate of drug-likeness (QED) is 0.560. The lowest BCUT2D eigenvalue weighted by Gasteiger charge is -2.10. The average molecular weight is 443 g/mol. The normalized spacial score (nSPS) is 10.2. The van der Waals surface area contributed by atoms with Gasteiger partial charge in [-0.15, -0.1) is 0 Å². The van der Waals surface area contributed by atoms with Crippen molar-refractivity contribution in [3.05, 3.63) is 82.7 Å². The number of carbonyl (C=O) groups excluding carboxylic acids is 3. The van der Waals surface area contributed by atoms with Gasteiger partial charge >= 0.3 is 5.97 Å². The smallest absolute Gasteiger partial charge is 0.340 e. The van der Waals surface area contributed by atoms with Crippen LogP contribution in [0.3, 0.4) is 0 Å². The van der Waals surface area contributed by atoms with Crippen LogP contribution in [0, 0.1) is 0 Å². The Balaban J connectivity index is 1.60. The second-order valence-corrected chi connectivity index (χ2v) is 6.52. The summed E-state index contributed by atoms with van der Waals surface area (Å²) < 4.78 is 11.0. The minimum atomic E-state index is -0.735. The van der Waals surface area contributed by atoms with Crippen LogP contribution in [-0.2, 0) is 9.53 Å². The maximum atomic E-state index is 12.4. The van der Waals surface area contributed by atoms with E-state index in [-0.39, 0.29) is 17.0 Å². The van der Waals surface area contributed by atoms with E-state index in [0.29, 0.717) is 5.69 Å². The maximum Gasteiger partial charge on any atom is 0.340 e. The van der Waals surface area contributed by atoms with Crippen molar-refractivity contribution in [2.24, 2.45) is 0 Å². The third-order valence-corrected chi connectivity index (χ3v) is 4.13. The molecule has 2 amide bonds. The van der Waals surface area contributed by atoms with Crippen molar-refractivity contribution in [1.29, 1.82) is 0 Å². The lowest BCUT2D eigenvalue weighted by atomic mass is 10.1. The fourth-order valence-corrected chi connectivity index (χ4v) is 2.57. The molecule has 8 heteroatoms. The third-order valence-electron chi connectivity index (χ3n) is 3.60. The molecule has 0 atom stereocenters. The molecule has 0 fully saturated rings. The van der Waals surface area contributed by atoms with E-state index >= 15 is 0 Å². The molecule has 28 heavy (non-hydrogen) atoms. The number of halogens is 1. The monoisotopic (exact) mass is 442 g/mol. The highest BCUT2D eigenvalue weighted by Crippen LogP contribution is 2.18. The fourth-order valence-electron chi connectivity index (χ4n) is 2.30. The van der Waals surface area contributed by atoms with Crippen LogP contribution in [0.2, 0.25) is 0 Å². The number of carbonyl (C=O) groups is 3. The first-order valence-corrected chi connectivity index (χ1v) is 8.98. The summed E-state index contributed by atoms with van der Waals surface area (Å²) in [5.74, 6) is -1.61. The van der Waals surface area contributed by atoms with Crippen LogP contribution in [0.5, 0.6) is 0 Å². The Labute approximate surface area is 168 Å². The largest absolute Gasteiger partial charge is 0.459 e. The lowest BCUT2D eigenvalue weighted by molar-refractivity contribution is -0.119.